The van der Waals surface area contributed by atoms with Crippen molar-refractivity contribution in [1.82, 2.24) is 0 Å². The molecular weight excluding hydrogens is 558 g/mol. The number of fused-ring (bicyclic) bond motifs is 2. The lowest BCUT2D eigenvalue weighted by Gasteiger charge is -2.35. The Kier molecular flexibility index (Phi) is 8.06. The summed E-state index contributed by atoms with van der Waals surface area (Å²) >= 11 is 1.52. The van der Waals surface area contributed by atoms with Gasteiger partial charge in [-0.2, -0.15) is 9.83 Å². The van der Waals surface area contributed by atoms with Gasteiger partial charge in [0.15, 0.2) is 6.54 Å². The molecule has 43 heavy (non-hydrogen) atoms. The Labute approximate surface area is 256 Å². The molecule has 8 heteroatoms. The summed E-state index contributed by atoms with van der Waals surface area (Å²) < 4.78 is 2.98. The van der Waals surface area contributed by atoms with E-state index >= 15 is 0 Å². The lowest BCUT2D eigenvalue weighted by atomic mass is 9.71. The van der Waals surface area contributed by atoms with Gasteiger partial charge in [0.2, 0.25) is 5.52 Å². The van der Waals surface area contributed by atoms with Crippen LogP contribution >= 0.6 is 11.3 Å². The molecule has 0 atom stereocenters. The second-order valence-electron chi connectivity index (χ2n) is 12.8. The smallest absolute Gasteiger partial charge is 0.309 e. The molecule has 1 aromatic heterocycles. The lowest BCUT2D eigenvalue weighted by molar-refractivity contribution is -0.668. The third-order valence-electron chi connectivity index (χ3n) is 8.61. The van der Waals surface area contributed by atoms with Gasteiger partial charge in [-0.05, 0) is 59.6 Å². The molecule has 1 aliphatic heterocycles. The third-order valence-corrected chi connectivity index (χ3v) is 9.79. The van der Waals surface area contributed by atoms with Crippen molar-refractivity contribution in [2.45, 2.75) is 72.3 Å². The van der Waals surface area contributed by atoms with Crippen LogP contribution in [-0.2, 0) is 21.5 Å². The minimum Gasteiger partial charge on any atom is -0.481 e. The van der Waals surface area contributed by atoms with Gasteiger partial charge in [-0.25, -0.2) is 0 Å². The maximum Gasteiger partial charge on any atom is 0.309 e. The molecule has 2 heterocycles. The highest BCUT2D eigenvalue weighted by Crippen LogP contribution is 2.51. The summed E-state index contributed by atoms with van der Waals surface area (Å²) in [5.41, 5.74) is 7.51. The van der Waals surface area contributed by atoms with E-state index in [9.17, 15) is 25.1 Å². The van der Waals surface area contributed by atoms with E-state index in [1.165, 1.54) is 16.9 Å². The van der Waals surface area contributed by atoms with Crippen LogP contribution in [0.2, 0.25) is 0 Å². The largest absolute Gasteiger partial charge is 0.481 e. The molecule has 2 N–H and O–H groups in total. The van der Waals surface area contributed by atoms with Crippen molar-refractivity contribution in [1.29, 1.82) is 5.26 Å². The van der Waals surface area contributed by atoms with E-state index in [-0.39, 0.29) is 30.2 Å². The Balaban J connectivity index is 1.70. The molecule has 5 rings (SSSR count). The van der Waals surface area contributed by atoms with Crippen LogP contribution in [0.15, 0.2) is 77.0 Å². The Hall–Kier alpha value is -4.22. The fourth-order valence-corrected chi connectivity index (χ4v) is 8.02. The maximum atomic E-state index is 11.6. The Bertz CT molecular complexity index is 1770. The number of hydrogen-bond acceptors (Lipinski definition) is 5. The van der Waals surface area contributed by atoms with E-state index in [0.29, 0.717) is 18.5 Å². The fraction of sp³-hybridized carbons (Fsp3) is 0.371. The quantitative estimate of drug-likeness (QED) is 0.210. The second kappa shape index (κ2) is 11.5. The normalized spacial score (nSPS) is 19.4. The van der Waals surface area contributed by atoms with Crippen LogP contribution in [0.5, 0.6) is 0 Å². The molecule has 1 aliphatic carbocycles. The van der Waals surface area contributed by atoms with Gasteiger partial charge < -0.3 is 15.1 Å². The SMILES string of the molecule is C/C(C1=C/C(=C(\C#N)c2sc3ccccc3[n+]2CCC(=O)O)CC(C)(C)C1)=C1\N(CCC(=O)O)c2ccccc2C1(C)C. The molecule has 0 bridgehead atoms. The summed E-state index contributed by atoms with van der Waals surface area (Å²) in [7, 11) is 0. The van der Waals surface area contributed by atoms with Crippen LogP contribution in [0.1, 0.15) is 70.9 Å². The first kappa shape index (κ1) is 30.2. The van der Waals surface area contributed by atoms with Crippen molar-refractivity contribution in [2.75, 3.05) is 11.4 Å². The van der Waals surface area contributed by atoms with Gasteiger partial charge in [0.25, 0.3) is 5.01 Å². The van der Waals surface area contributed by atoms with Gasteiger partial charge in [-0.1, -0.05) is 75.4 Å². The number of aliphatic carboxylic acids is 2. The van der Waals surface area contributed by atoms with Crippen LogP contribution in [0, 0.1) is 16.7 Å². The number of rotatable bonds is 8. The molecule has 0 spiro atoms. The molecule has 0 fully saturated rings. The van der Waals surface area contributed by atoms with Crippen molar-refractivity contribution in [3.8, 4) is 6.07 Å². The highest BCUT2D eigenvalue weighted by molar-refractivity contribution is 7.19. The molecule has 222 valence electrons. The van der Waals surface area contributed by atoms with Crippen molar-refractivity contribution in [3.63, 3.8) is 0 Å². The molecule has 0 unspecified atom stereocenters. The third kappa shape index (κ3) is 5.74. The van der Waals surface area contributed by atoms with E-state index in [1.54, 1.807) is 0 Å². The Morgan fingerprint density at radius 2 is 1.67 bits per heavy atom. The predicted molar refractivity (Wildman–Crippen MR) is 170 cm³/mol. The van der Waals surface area contributed by atoms with Gasteiger partial charge in [-0.3, -0.25) is 9.59 Å². The first-order valence-corrected chi connectivity index (χ1v) is 15.4. The number of para-hydroxylation sites is 2. The zero-order valence-electron chi connectivity index (χ0n) is 25.4. The van der Waals surface area contributed by atoms with E-state index < -0.39 is 11.9 Å². The number of anilines is 1. The van der Waals surface area contributed by atoms with E-state index in [4.69, 9.17) is 0 Å². The van der Waals surface area contributed by atoms with Crippen LogP contribution in [0.3, 0.4) is 0 Å². The summed E-state index contributed by atoms with van der Waals surface area (Å²) in [6.07, 6.45) is 3.67. The number of hydrogen-bond donors (Lipinski definition) is 2. The number of nitrogens with zero attached hydrogens (tertiary/aromatic N) is 3. The molecule has 3 aromatic rings. The van der Waals surface area contributed by atoms with Gasteiger partial charge in [0.1, 0.15) is 22.8 Å². The van der Waals surface area contributed by atoms with Crippen molar-refractivity contribution >= 4 is 44.8 Å². The lowest BCUT2D eigenvalue weighted by Crippen LogP contribution is -2.37. The topological polar surface area (TPSA) is 106 Å². The summed E-state index contributed by atoms with van der Waals surface area (Å²) in [5.74, 6) is -1.71. The molecule has 7 nitrogen and oxygen atoms in total. The van der Waals surface area contributed by atoms with Crippen LogP contribution in [-0.4, -0.2) is 28.7 Å². The number of carboxylic acids is 2. The summed E-state index contributed by atoms with van der Waals surface area (Å²) in [5, 5.41) is 30.4. The number of benzene rings is 2. The zero-order valence-corrected chi connectivity index (χ0v) is 26.2. The van der Waals surface area contributed by atoms with Crippen molar-refractivity contribution < 1.29 is 24.4 Å². The second-order valence-corrected chi connectivity index (χ2v) is 13.8. The summed E-state index contributed by atoms with van der Waals surface area (Å²) in [6.45, 7) is 11.6. The molecular formula is C35H38N3O4S+. The monoisotopic (exact) mass is 596 g/mol. The van der Waals surface area contributed by atoms with Gasteiger partial charge in [0.05, 0.1) is 6.42 Å². The average Bonchev–Trinajstić information content (AvgIpc) is 3.41. The maximum absolute atomic E-state index is 11.6. The van der Waals surface area contributed by atoms with E-state index in [0.717, 1.165) is 49.7 Å². The van der Waals surface area contributed by atoms with Crippen molar-refractivity contribution in [3.05, 3.63) is 87.6 Å². The predicted octanol–water partition coefficient (Wildman–Crippen LogP) is 7.23. The van der Waals surface area contributed by atoms with Gasteiger partial charge >= 0.3 is 11.9 Å². The number of carboxylic acid groups (broad SMARTS) is 2. The zero-order chi connectivity index (χ0) is 31.1. The minimum absolute atomic E-state index is 0.0255. The fourth-order valence-electron chi connectivity index (χ4n) is 6.80. The standard InChI is InChI=1S/C35H37N3O4S/c1-22(32-35(4,5)26-10-6-7-11-27(26)37(32)16-14-30(39)40)23-18-24(20-34(2,3)19-23)25(21-36)33-38(17-15-31(41)42)28-12-8-9-13-29(28)43-33/h6-13,18H,14-17,19-20H2,1-5H3,(H-,39,40,41,42)/p+1. The van der Waals surface area contributed by atoms with Crippen LogP contribution < -0.4 is 9.47 Å². The highest BCUT2D eigenvalue weighted by atomic mass is 32.1. The molecule has 0 amide bonds. The van der Waals surface area contributed by atoms with Crippen molar-refractivity contribution in [2.24, 2.45) is 5.41 Å². The minimum atomic E-state index is -0.879. The first-order chi connectivity index (χ1) is 20.3. The Morgan fingerprint density at radius 1 is 1.00 bits per heavy atom. The summed E-state index contributed by atoms with van der Waals surface area (Å²) in [6, 6.07) is 18.6. The Morgan fingerprint density at radius 3 is 2.37 bits per heavy atom. The average molecular weight is 597 g/mol. The number of carbonyl (C=O) groups is 2. The number of nitriles is 1. The summed E-state index contributed by atoms with van der Waals surface area (Å²) in [4.78, 5) is 25.3. The van der Waals surface area contributed by atoms with Crippen LogP contribution in [0.4, 0.5) is 5.69 Å². The van der Waals surface area contributed by atoms with E-state index in [1.807, 2.05) is 41.0 Å². The van der Waals surface area contributed by atoms with Gasteiger partial charge in [0, 0.05) is 29.4 Å². The molecule has 0 radical (unpaired) electrons. The number of aryl methyl sites for hydroxylation is 1. The number of aromatic nitrogens is 1. The van der Waals surface area contributed by atoms with E-state index in [2.05, 4.69) is 63.8 Å². The molecule has 0 saturated carbocycles. The highest BCUT2D eigenvalue weighted by Gasteiger charge is 2.42. The number of allylic oxidation sites excluding steroid dienone is 6. The molecule has 0 saturated heterocycles. The number of thiazole rings is 1. The molecule has 2 aliphatic rings. The van der Waals surface area contributed by atoms with Gasteiger partial charge in [-0.15, -0.1) is 0 Å². The first-order valence-electron chi connectivity index (χ1n) is 14.6. The van der Waals surface area contributed by atoms with Crippen LogP contribution in [0.25, 0.3) is 15.8 Å². The molecule has 2 aromatic carbocycles.